The molecule has 3 heteroatoms. The van der Waals surface area contributed by atoms with E-state index in [0.717, 1.165) is 21.3 Å². The van der Waals surface area contributed by atoms with Gasteiger partial charge in [0.25, 0.3) is 0 Å². The number of thiophene rings is 1. The standard InChI is InChI=1S/C10H6BrNS/c11-8-3-1-2-6-7-4-5-13-10(7)12-9(6)8/h1,3-5H,2H2. The second-order valence-electron chi connectivity index (χ2n) is 3.03. The lowest BCUT2D eigenvalue weighted by atomic mass is 10.0. The molecule has 0 radical (unpaired) electrons. The van der Waals surface area contributed by atoms with E-state index >= 15 is 0 Å². The zero-order chi connectivity index (χ0) is 8.84. The van der Waals surface area contributed by atoms with Crippen LogP contribution < -0.4 is 9.89 Å². The third-order valence-corrected chi connectivity index (χ3v) is 3.73. The SMILES string of the molecule is BrC1=C2N=c3sccc3=C2CC=C1. The summed E-state index contributed by atoms with van der Waals surface area (Å²) in [6.45, 7) is 0. The van der Waals surface area contributed by atoms with Gasteiger partial charge >= 0.3 is 0 Å². The Labute approximate surface area is 87.9 Å². The van der Waals surface area contributed by atoms with Crippen molar-refractivity contribution in [1.29, 1.82) is 0 Å². The van der Waals surface area contributed by atoms with Crippen molar-refractivity contribution in [3.63, 3.8) is 0 Å². The van der Waals surface area contributed by atoms with E-state index in [1.165, 1.54) is 10.8 Å². The molecule has 1 aromatic heterocycles. The molecule has 0 atom stereocenters. The molecular formula is C10H6BrNS. The first kappa shape index (κ1) is 7.71. The Bertz CT molecular complexity index is 548. The second-order valence-corrected chi connectivity index (χ2v) is 4.78. The molecule has 0 aromatic carbocycles. The summed E-state index contributed by atoms with van der Waals surface area (Å²) in [5, 5.41) is 3.42. The lowest BCUT2D eigenvalue weighted by molar-refractivity contribution is 1.28. The van der Waals surface area contributed by atoms with E-state index in [0.29, 0.717) is 0 Å². The highest BCUT2D eigenvalue weighted by Crippen LogP contribution is 2.30. The summed E-state index contributed by atoms with van der Waals surface area (Å²) in [5.74, 6) is 0. The van der Waals surface area contributed by atoms with Gasteiger partial charge in [-0.15, -0.1) is 11.3 Å². The molecule has 3 rings (SSSR count). The van der Waals surface area contributed by atoms with E-state index in [1.54, 1.807) is 11.3 Å². The summed E-state index contributed by atoms with van der Waals surface area (Å²) in [4.78, 5) is 4.58. The molecule has 0 bridgehead atoms. The molecule has 0 spiro atoms. The minimum absolute atomic E-state index is 1.01. The van der Waals surface area contributed by atoms with Crippen LogP contribution in [0.5, 0.6) is 0 Å². The summed E-state index contributed by atoms with van der Waals surface area (Å²) in [6.07, 6.45) is 5.27. The highest BCUT2D eigenvalue weighted by Gasteiger charge is 2.17. The van der Waals surface area contributed by atoms with Crippen LogP contribution in [0.4, 0.5) is 0 Å². The van der Waals surface area contributed by atoms with Crippen molar-refractivity contribution in [3.8, 4) is 0 Å². The van der Waals surface area contributed by atoms with E-state index in [4.69, 9.17) is 0 Å². The van der Waals surface area contributed by atoms with Crippen LogP contribution in [0.1, 0.15) is 6.42 Å². The fourth-order valence-corrected chi connectivity index (χ4v) is 2.99. The van der Waals surface area contributed by atoms with Gasteiger partial charge in [0.15, 0.2) is 0 Å². The summed E-state index contributed by atoms with van der Waals surface area (Å²) < 4.78 is 2.27. The van der Waals surface area contributed by atoms with Crippen LogP contribution in [-0.2, 0) is 0 Å². The molecule has 2 heterocycles. The Kier molecular flexibility index (Phi) is 1.58. The van der Waals surface area contributed by atoms with E-state index in [1.807, 2.05) is 0 Å². The zero-order valence-corrected chi connectivity index (χ0v) is 9.15. The zero-order valence-electron chi connectivity index (χ0n) is 6.75. The highest BCUT2D eigenvalue weighted by molar-refractivity contribution is 9.11. The molecule has 0 fully saturated rings. The smallest absolute Gasteiger partial charge is 0.124 e. The predicted molar refractivity (Wildman–Crippen MR) is 58.2 cm³/mol. The number of rotatable bonds is 0. The first-order valence-corrected chi connectivity index (χ1v) is 5.75. The van der Waals surface area contributed by atoms with Crippen LogP contribution in [0.25, 0.3) is 5.57 Å². The quantitative estimate of drug-likeness (QED) is 0.670. The predicted octanol–water partition coefficient (Wildman–Crippen LogP) is 2.10. The van der Waals surface area contributed by atoms with Gasteiger partial charge in [0, 0.05) is 9.70 Å². The maximum Gasteiger partial charge on any atom is 0.124 e. The van der Waals surface area contributed by atoms with Crippen LogP contribution in [0, 0.1) is 0 Å². The van der Waals surface area contributed by atoms with Crippen LogP contribution >= 0.6 is 27.3 Å². The summed E-state index contributed by atoms with van der Waals surface area (Å²) >= 11 is 5.23. The van der Waals surface area contributed by atoms with Crippen LogP contribution in [-0.4, -0.2) is 0 Å². The first-order chi connectivity index (χ1) is 6.36. The maximum absolute atomic E-state index is 4.58. The Morgan fingerprint density at radius 1 is 1.46 bits per heavy atom. The molecule has 1 aliphatic heterocycles. The highest BCUT2D eigenvalue weighted by atomic mass is 79.9. The van der Waals surface area contributed by atoms with E-state index < -0.39 is 0 Å². The Hall–Kier alpha value is -0.670. The molecule has 0 unspecified atom stereocenters. The van der Waals surface area contributed by atoms with Crippen molar-refractivity contribution in [2.24, 2.45) is 4.99 Å². The number of allylic oxidation sites excluding steroid dienone is 4. The normalized spacial score (nSPS) is 18.7. The van der Waals surface area contributed by atoms with Crippen LogP contribution in [0.15, 0.2) is 38.8 Å². The topological polar surface area (TPSA) is 12.4 Å². The molecule has 1 aliphatic carbocycles. The van der Waals surface area contributed by atoms with Crippen molar-refractivity contribution in [1.82, 2.24) is 0 Å². The van der Waals surface area contributed by atoms with E-state index in [2.05, 4.69) is 44.5 Å². The molecular weight excluding hydrogens is 246 g/mol. The van der Waals surface area contributed by atoms with Gasteiger partial charge in [0.05, 0.1) is 5.70 Å². The van der Waals surface area contributed by atoms with E-state index in [-0.39, 0.29) is 0 Å². The average molecular weight is 252 g/mol. The molecule has 0 saturated heterocycles. The van der Waals surface area contributed by atoms with Gasteiger partial charge in [-0.05, 0) is 45.4 Å². The Morgan fingerprint density at radius 2 is 2.38 bits per heavy atom. The van der Waals surface area contributed by atoms with Crippen molar-refractivity contribution in [2.45, 2.75) is 6.42 Å². The van der Waals surface area contributed by atoms with Gasteiger partial charge in [-0.1, -0.05) is 6.08 Å². The van der Waals surface area contributed by atoms with Crippen LogP contribution in [0.3, 0.4) is 0 Å². The molecule has 0 amide bonds. The van der Waals surface area contributed by atoms with Gasteiger partial charge in [0.1, 0.15) is 4.67 Å². The van der Waals surface area contributed by atoms with Crippen molar-refractivity contribution in [3.05, 3.63) is 43.7 Å². The van der Waals surface area contributed by atoms with E-state index in [9.17, 15) is 0 Å². The second kappa shape index (κ2) is 2.66. The molecule has 2 aliphatic rings. The molecule has 0 N–H and O–H groups in total. The molecule has 1 nitrogen and oxygen atoms in total. The number of fused-ring (bicyclic) bond motifs is 2. The lowest BCUT2D eigenvalue weighted by Gasteiger charge is -2.07. The van der Waals surface area contributed by atoms with Gasteiger partial charge in [-0.3, -0.25) is 0 Å². The van der Waals surface area contributed by atoms with Crippen molar-refractivity contribution in [2.75, 3.05) is 0 Å². The number of nitrogens with zero attached hydrogens (tertiary/aromatic N) is 1. The number of hydrogen-bond acceptors (Lipinski definition) is 2. The van der Waals surface area contributed by atoms with Gasteiger partial charge in [0.2, 0.25) is 0 Å². The lowest BCUT2D eigenvalue weighted by Crippen LogP contribution is -2.15. The fraction of sp³-hybridized carbons (Fsp3) is 0.100. The largest absolute Gasteiger partial charge is 0.236 e. The van der Waals surface area contributed by atoms with Gasteiger partial charge < -0.3 is 0 Å². The van der Waals surface area contributed by atoms with Crippen molar-refractivity contribution >= 4 is 32.8 Å². The minimum Gasteiger partial charge on any atom is -0.236 e. The van der Waals surface area contributed by atoms with Gasteiger partial charge in [-0.25, -0.2) is 4.99 Å². The Balaban J connectivity index is 2.46. The van der Waals surface area contributed by atoms with Crippen molar-refractivity contribution < 1.29 is 0 Å². The maximum atomic E-state index is 4.58. The summed E-state index contributed by atoms with van der Waals surface area (Å²) in [7, 11) is 0. The monoisotopic (exact) mass is 251 g/mol. The average Bonchev–Trinajstić information content (AvgIpc) is 2.65. The number of halogens is 1. The third kappa shape index (κ3) is 1.00. The third-order valence-electron chi connectivity index (χ3n) is 2.28. The number of hydrogen-bond donors (Lipinski definition) is 0. The fourth-order valence-electron chi connectivity index (χ4n) is 1.68. The first-order valence-electron chi connectivity index (χ1n) is 4.08. The van der Waals surface area contributed by atoms with Gasteiger partial charge in [-0.2, -0.15) is 0 Å². The minimum atomic E-state index is 1.01. The van der Waals surface area contributed by atoms with Crippen LogP contribution in [0.2, 0.25) is 0 Å². The molecule has 0 saturated carbocycles. The Morgan fingerprint density at radius 3 is 3.31 bits per heavy atom. The summed E-state index contributed by atoms with van der Waals surface area (Å²) in [6, 6.07) is 2.16. The molecule has 1 aromatic rings. The summed E-state index contributed by atoms with van der Waals surface area (Å²) in [5.41, 5.74) is 2.50. The molecule has 13 heavy (non-hydrogen) atoms. The molecule has 64 valence electrons.